The maximum absolute atomic E-state index is 12.9. The number of nitrogens with two attached hydrogens (primary N) is 1. The Balaban J connectivity index is 1.70. The molecule has 25 heavy (non-hydrogen) atoms. The lowest BCUT2D eigenvalue weighted by Crippen LogP contribution is -2.59. The van der Waals surface area contributed by atoms with Gasteiger partial charge in [0.1, 0.15) is 0 Å². The molecule has 0 aromatic heterocycles. The second-order valence-corrected chi connectivity index (χ2v) is 7.09. The number of carbonyl (C=O) groups is 2. The Bertz CT molecular complexity index is 628. The average Bonchev–Trinajstić information content (AvgIpc) is 3.09. The summed E-state index contributed by atoms with van der Waals surface area (Å²) >= 11 is 0. The number of amides is 2. The molecule has 2 aliphatic rings. The summed E-state index contributed by atoms with van der Waals surface area (Å²) in [5, 5.41) is 0. The molecule has 3 rings (SSSR count). The molecule has 0 radical (unpaired) electrons. The minimum atomic E-state index is 0.0631. The molecule has 2 saturated heterocycles. The van der Waals surface area contributed by atoms with Crippen molar-refractivity contribution in [1.82, 2.24) is 14.7 Å². The molecule has 1 aromatic rings. The van der Waals surface area contributed by atoms with Crippen molar-refractivity contribution in [2.45, 2.75) is 32.2 Å². The zero-order valence-electron chi connectivity index (χ0n) is 15.0. The van der Waals surface area contributed by atoms with Crippen LogP contribution in [0.1, 0.15) is 25.3 Å². The first-order valence-electron chi connectivity index (χ1n) is 9.15. The third-order valence-electron chi connectivity index (χ3n) is 5.31. The van der Waals surface area contributed by atoms with Crippen LogP contribution in [0.4, 0.5) is 5.69 Å². The number of anilines is 1. The lowest BCUT2D eigenvalue weighted by molar-refractivity contribution is -0.142. The van der Waals surface area contributed by atoms with Gasteiger partial charge < -0.3 is 20.4 Å². The third-order valence-corrected chi connectivity index (χ3v) is 5.31. The van der Waals surface area contributed by atoms with Gasteiger partial charge in [-0.15, -0.1) is 0 Å². The van der Waals surface area contributed by atoms with Crippen LogP contribution in [-0.4, -0.2) is 71.8 Å². The molecule has 2 N–H and O–H groups in total. The zero-order chi connectivity index (χ0) is 17.8. The molecule has 0 aliphatic carbocycles. The van der Waals surface area contributed by atoms with Crippen LogP contribution in [0.3, 0.4) is 0 Å². The topological polar surface area (TPSA) is 69.9 Å². The molecule has 0 saturated carbocycles. The van der Waals surface area contributed by atoms with Crippen LogP contribution in [0.25, 0.3) is 0 Å². The minimum Gasteiger partial charge on any atom is -0.398 e. The van der Waals surface area contributed by atoms with Gasteiger partial charge in [-0.3, -0.25) is 9.59 Å². The van der Waals surface area contributed by atoms with E-state index in [1.54, 1.807) is 6.92 Å². The van der Waals surface area contributed by atoms with E-state index in [-0.39, 0.29) is 17.9 Å². The maximum atomic E-state index is 12.9. The van der Waals surface area contributed by atoms with Gasteiger partial charge in [0.25, 0.3) is 0 Å². The summed E-state index contributed by atoms with van der Waals surface area (Å²) in [7, 11) is 0. The van der Waals surface area contributed by atoms with Gasteiger partial charge in [0.2, 0.25) is 11.8 Å². The molecule has 1 atom stereocenters. The van der Waals surface area contributed by atoms with Crippen molar-refractivity contribution in [3.63, 3.8) is 0 Å². The van der Waals surface area contributed by atoms with Crippen LogP contribution < -0.4 is 5.73 Å². The number of hydrogen-bond donors (Lipinski definition) is 1. The lowest BCUT2D eigenvalue weighted by Gasteiger charge is -2.42. The second kappa shape index (κ2) is 7.87. The Morgan fingerprint density at radius 2 is 1.84 bits per heavy atom. The van der Waals surface area contributed by atoms with Gasteiger partial charge in [-0.2, -0.15) is 0 Å². The number of nitrogens with zero attached hydrogens (tertiary/aromatic N) is 3. The fourth-order valence-corrected chi connectivity index (χ4v) is 3.85. The molecule has 0 spiro atoms. The fraction of sp³-hybridized carbons (Fsp3) is 0.579. The van der Waals surface area contributed by atoms with E-state index in [4.69, 9.17) is 5.73 Å². The Morgan fingerprint density at radius 3 is 2.52 bits per heavy atom. The minimum absolute atomic E-state index is 0.0631. The van der Waals surface area contributed by atoms with Gasteiger partial charge in [0, 0.05) is 38.8 Å². The van der Waals surface area contributed by atoms with Crippen molar-refractivity contribution in [2.24, 2.45) is 0 Å². The second-order valence-electron chi connectivity index (χ2n) is 7.09. The number of hydrogen-bond acceptors (Lipinski definition) is 4. The lowest BCUT2D eigenvalue weighted by atomic mass is 10.1. The maximum Gasteiger partial charge on any atom is 0.227 e. The van der Waals surface area contributed by atoms with Gasteiger partial charge in [-0.1, -0.05) is 18.2 Å². The summed E-state index contributed by atoms with van der Waals surface area (Å²) in [6.07, 6.45) is 2.76. The summed E-state index contributed by atoms with van der Waals surface area (Å²) < 4.78 is 0. The highest BCUT2D eigenvalue weighted by Crippen LogP contribution is 2.18. The zero-order valence-corrected chi connectivity index (χ0v) is 15.0. The van der Waals surface area contributed by atoms with Crippen LogP contribution in [-0.2, 0) is 16.0 Å². The van der Waals surface area contributed by atoms with Crippen molar-refractivity contribution < 1.29 is 9.59 Å². The van der Waals surface area contributed by atoms with E-state index >= 15 is 0 Å². The molecule has 2 aliphatic heterocycles. The molecule has 2 amide bonds. The smallest absolute Gasteiger partial charge is 0.227 e. The summed E-state index contributed by atoms with van der Waals surface area (Å²) in [5.41, 5.74) is 7.53. The summed E-state index contributed by atoms with van der Waals surface area (Å²) in [4.78, 5) is 30.9. The standard InChI is InChI=1S/C19H28N4O2/c1-15(24)22-10-11-23(17(14-22)13-21-8-4-5-9-21)19(25)12-16-6-2-3-7-18(16)20/h2-3,6-7,17H,4-5,8-14,20H2,1H3. The van der Waals surface area contributed by atoms with E-state index in [2.05, 4.69) is 4.90 Å². The van der Waals surface area contributed by atoms with Gasteiger partial charge in [-0.25, -0.2) is 0 Å². The number of benzene rings is 1. The van der Waals surface area contributed by atoms with Gasteiger partial charge in [0.05, 0.1) is 12.5 Å². The number of carbonyl (C=O) groups excluding carboxylic acids is 2. The normalized spacial score (nSPS) is 21.6. The van der Waals surface area contributed by atoms with Crippen molar-refractivity contribution in [3.05, 3.63) is 29.8 Å². The van der Waals surface area contributed by atoms with Crippen molar-refractivity contribution in [3.8, 4) is 0 Å². The van der Waals surface area contributed by atoms with E-state index in [0.29, 0.717) is 31.7 Å². The third kappa shape index (κ3) is 4.31. The molecular weight excluding hydrogens is 316 g/mol. The molecule has 1 aromatic carbocycles. The first-order valence-corrected chi connectivity index (χ1v) is 9.15. The van der Waals surface area contributed by atoms with Crippen LogP contribution in [0.15, 0.2) is 24.3 Å². The van der Waals surface area contributed by atoms with E-state index in [9.17, 15) is 9.59 Å². The van der Waals surface area contributed by atoms with Crippen molar-refractivity contribution in [1.29, 1.82) is 0 Å². The van der Waals surface area contributed by atoms with E-state index < -0.39 is 0 Å². The average molecular weight is 344 g/mol. The molecule has 6 heteroatoms. The number of nitrogen functional groups attached to an aromatic ring is 1. The summed E-state index contributed by atoms with van der Waals surface area (Å²) in [6.45, 7) is 6.47. The van der Waals surface area contributed by atoms with Crippen molar-refractivity contribution in [2.75, 3.05) is 45.0 Å². The Labute approximate surface area is 149 Å². The predicted molar refractivity (Wildman–Crippen MR) is 98.0 cm³/mol. The van der Waals surface area contributed by atoms with Gasteiger partial charge in [0.15, 0.2) is 0 Å². The quantitative estimate of drug-likeness (QED) is 0.826. The first-order chi connectivity index (χ1) is 12.0. The van der Waals surface area contributed by atoms with Crippen LogP contribution in [0, 0.1) is 0 Å². The van der Waals surface area contributed by atoms with Crippen molar-refractivity contribution >= 4 is 17.5 Å². The Hall–Kier alpha value is -2.08. The molecule has 1 unspecified atom stereocenters. The largest absolute Gasteiger partial charge is 0.398 e. The van der Waals surface area contributed by atoms with Gasteiger partial charge in [-0.05, 0) is 37.6 Å². The van der Waals surface area contributed by atoms with Gasteiger partial charge >= 0.3 is 0 Å². The first kappa shape index (κ1) is 17.7. The molecule has 136 valence electrons. The number of likely N-dealkylation sites (tertiary alicyclic amines) is 1. The van der Waals surface area contributed by atoms with E-state index in [1.807, 2.05) is 34.1 Å². The van der Waals surface area contributed by atoms with E-state index in [1.165, 1.54) is 12.8 Å². The van der Waals surface area contributed by atoms with E-state index in [0.717, 1.165) is 25.2 Å². The fourth-order valence-electron chi connectivity index (χ4n) is 3.85. The highest BCUT2D eigenvalue weighted by atomic mass is 16.2. The highest BCUT2D eigenvalue weighted by molar-refractivity contribution is 5.81. The highest BCUT2D eigenvalue weighted by Gasteiger charge is 2.33. The Kier molecular flexibility index (Phi) is 5.58. The molecule has 2 heterocycles. The molecule has 2 fully saturated rings. The number of rotatable bonds is 4. The van der Waals surface area contributed by atoms with Crippen LogP contribution >= 0.6 is 0 Å². The Morgan fingerprint density at radius 1 is 1.12 bits per heavy atom. The molecular formula is C19H28N4O2. The monoisotopic (exact) mass is 344 g/mol. The summed E-state index contributed by atoms with van der Waals surface area (Å²) in [5.74, 6) is 0.191. The SMILES string of the molecule is CC(=O)N1CCN(C(=O)Cc2ccccc2N)C(CN2CCCC2)C1. The van der Waals surface area contributed by atoms with Crippen LogP contribution in [0.2, 0.25) is 0 Å². The number of piperazine rings is 1. The summed E-state index contributed by atoms with van der Waals surface area (Å²) in [6, 6.07) is 7.60. The molecule has 6 nitrogen and oxygen atoms in total. The molecule has 0 bridgehead atoms. The predicted octanol–water partition coefficient (Wildman–Crippen LogP) is 0.966. The number of para-hydroxylation sites is 1. The van der Waals surface area contributed by atoms with Crippen LogP contribution in [0.5, 0.6) is 0 Å².